The van der Waals surface area contributed by atoms with Crippen LogP contribution in [0.25, 0.3) is 11.1 Å². The van der Waals surface area contributed by atoms with Crippen LogP contribution in [0, 0.1) is 11.8 Å². The van der Waals surface area contributed by atoms with Crippen LogP contribution in [0.15, 0.2) is 44.7 Å². The summed E-state index contributed by atoms with van der Waals surface area (Å²) in [7, 11) is -3.80. The van der Waals surface area contributed by atoms with Crippen molar-refractivity contribution in [2.24, 2.45) is 16.8 Å². The van der Waals surface area contributed by atoms with E-state index in [1.807, 2.05) is 17.0 Å². The molecule has 1 saturated carbocycles. The summed E-state index contributed by atoms with van der Waals surface area (Å²) in [6.07, 6.45) is 7.83. The summed E-state index contributed by atoms with van der Waals surface area (Å²) in [4.78, 5) is 19.7. The number of amidine groups is 1. The highest BCUT2D eigenvalue weighted by atomic mass is 79.9. The number of rotatable bonds is 5. The molecule has 2 aliphatic heterocycles. The van der Waals surface area contributed by atoms with Gasteiger partial charge in [-0.05, 0) is 90.3 Å². The number of likely N-dealkylation sites (tertiary alicyclic amines) is 1. The van der Waals surface area contributed by atoms with Gasteiger partial charge in [0.25, 0.3) is 10.0 Å². The average molecular weight is 585 g/mol. The Labute approximate surface area is 228 Å². The monoisotopic (exact) mass is 583 g/mol. The average Bonchev–Trinajstić information content (AvgIpc) is 3.60. The molecule has 0 bridgehead atoms. The fourth-order valence-electron chi connectivity index (χ4n) is 6.84. The lowest BCUT2D eigenvalue weighted by atomic mass is 9.93. The molecule has 2 heterocycles. The molecule has 4 aliphatic rings. The lowest BCUT2D eigenvalue weighted by Gasteiger charge is -2.29. The van der Waals surface area contributed by atoms with Gasteiger partial charge in [0, 0.05) is 17.4 Å². The van der Waals surface area contributed by atoms with Crippen molar-refractivity contribution < 1.29 is 13.2 Å². The van der Waals surface area contributed by atoms with Gasteiger partial charge in [-0.3, -0.25) is 9.52 Å². The van der Waals surface area contributed by atoms with Crippen LogP contribution in [0.5, 0.6) is 0 Å². The maximum Gasteiger partial charge on any atom is 0.265 e. The molecule has 2 aliphatic carbocycles. The van der Waals surface area contributed by atoms with Crippen molar-refractivity contribution in [2.75, 3.05) is 6.54 Å². The second kappa shape index (κ2) is 9.53. The van der Waals surface area contributed by atoms with E-state index in [1.165, 1.54) is 34.9 Å². The highest BCUT2D eigenvalue weighted by Crippen LogP contribution is 2.53. The molecular weight excluding hydrogens is 550 g/mol. The number of hydrogen-bond donors (Lipinski definition) is 1. The predicted molar refractivity (Wildman–Crippen MR) is 150 cm³/mol. The Kier molecular flexibility index (Phi) is 6.46. The molecule has 37 heavy (non-hydrogen) atoms. The smallest absolute Gasteiger partial charge is 0.265 e. The number of carbonyl (C=O) groups excluding carboxylic acids is 1. The van der Waals surface area contributed by atoms with Gasteiger partial charge in [-0.2, -0.15) is 0 Å². The van der Waals surface area contributed by atoms with Crippen molar-refractivity contribution in [3.63, 3.8) is 0 Å². The second-order valence-electron chi connectivity index (χ2n) is 11.2. The van der Waals surface area contributed by atoms with Crippen LogP contribution in [-0.4, -0.2) is 37.6 Å². The molecule has 196 valence electrons. The first kappa shape index (κ1) is 25.1. The highest BCUT2D eigenvalue weighted by Gasteiger charge is 2.40. The maximum absolute atomic E-state index is 13.5. The number of nitrogens with zero attached hydrogens (tertiary/aromatic N) is 2. The molecule has 2 aromatic carbocycles. The Bertz CT molecular complexity index is 1400. The van der Waals surface area contributed by atoms with E-state index in [0.717, 1.165) is 30.4 Å². The summed E-state index contributed by atoms with van der Waals surface area (Å²) in [5.74, 6) is 2.05. The number of halogens is 1. The van der Waals surface area contributed by atoms with E-state index in [0.29, 0.717) is 48.7 Å². The van der Waals surface area contributed by atoms with E-state index in [9.17, 15) is 13.2 Å². The van der Waals surface area contributed by atoms with E-state index in [2.05, 4.69) is 46.6 Å². The Balaban J connectivity index is 1.34. The van der Waals surface area contributed by atoms with Gasteiger partial charge < -0.3 is 4.90 Å². The summed E-state index contributed by atoms with van der Waals surface area (Å²) < 4.78 is 30.8. The lowest BCUT2D eigenvalue weighted by molar-refractivity contribution is -0.131. The van der Waals surface area contributed by atoms with Crippen molar-refractivity contribution in [3.05, 3.63) is 45.9 Å². The van der Waals surface area contributed by atoms with E-state index in [-0.39, 0.29) is 16.8 Å². The topological polar surface area (TPSA) is 78.8 Å². The third-order valence-corrected chi connectivity index (χ3v) is 11.0. The molecule has 4 atom stereocenters. The molecule has 0 spiro atoms. The fraction of sp³-hybridized carbons (Fsp3) is 0.517. The third-order valence-electron chi connectivity index (χ3n) is 8.95. The zero-order valence-corrected chi connectivity index (χ0v) is 23.9. The maximum atomic E-state index is 13.5. The molecule has 2 fully saturated rings. The third kappa shape index (κ3) is 4.34. The highest BCUT2D eigenvalue weighted by molar-refractivity contribution is 9.10. The number of hydrogen-bond acceptors (Lipinski definition) is 4. The molecule has 1 N–H and O–H groups in total. The largest absolute Gasteiger partial charge is 0.332 e. The predicted octanol–water partition coefficient (Wildman–Crippen LogP) is 6.31. The summed E-state index contributed by atoms with van der Waals surface area (Å²) in [6, 6.07) is 9.50. The molecule has 0 aromatic heterocycles. The Morgan fingerprint density at radius 3 is 2.84 bits per heavy atom. The summed E-state index contributed by atoms with van der Waals surface area (Å²) in [6.45, 7) is 4.80. The van der Waals surface area contributed by atoms with Gasteiger partial charge in [0.2, 0.25) is 5.91 Å². The molecule has 2 aromatic rings. The van der Waals surface area contributed by atoms with Crippen LogP contribution in [0.2, 0.25) is 0 Å². The Hall–Kier alpha value is -2.19. The summed E-state index contributed by atoms with van der Waals surface area (Å²) in [5, 5.41) is 0. The normalized spacial score (nSPS) is 26.2. The SMILES string of the molecule is CC[C@H](C)CC(=O)N1CCC[C@H]1C1=Nc2ccc(-c3ccc(Br)c4c3CC3CCCC43)cc2S(=O)(=O)N1. The number of carbonyl (C=O) groups is 1. The van der Waals surface area contributed by atoms with Crippen molar-refractivity contribution in [2.45, 2.75) is 82.1 Å². The van der Waals surface area contributed by atoms with Gasteiger partial charge in [-0.1, -0.05) is 54.8 Å². The van der Waals surface area contributed by atoms with Crippen LogP contribution >= 0.6 is 15.9 Å². The van der Waals surface area contributed by atoms with Crippen LogP contribution in [-0.2, 0) is 21.2 Å². The first-order valence-electron chi connectivity index (χ1n) is 13.6. The van der Waals surface area contributed by atoms with Crippen molar-refractivity contribution in [1.29, 1.82) is 0 Å². The molecule has 1 amide bonds. The lowest BCUT2D eigenvalue weighted by Crippen LogP contribution is -2.48. The standard InChI is InChI=1S/C29H34BrN3O3S/c1-3-17(2)14-27(34)33-13-5-8-25(33)29-31-24-12-9-19(16-26(24)37(35,36)32-29)20-10-11-23(30)28-21-7-4-6-18(21)15-22(20)28/h9-12,16-18,21,25H,3-8,13-15H2,1-2H3,(H,31,32)/t17-,18?,21?,25-/m0/s1. The molecule has 6 nitrogen and oxygen atoms in total. The number of fused-ring (bicyclic) bond motifs is 4. The quantitative estimate of drug-likeness (QED) is 0.448. The molecule has 1 saturated heterocycles. The van der Waals surface area contributed by atoms with Crippen LogP contribution in [0.1, 0.15) is 75.8 Å². The molecule has 8 heteroatoms. The minimum atomic E-state index is -3.80. The van der Waals surface area contributed by atoms with Crippen molar-refractivity contribution >= 4 is 43.4 Å². The molecular formula is C29H34BrN3O3S. The number of benzene rings is 2. The number of aliphatic imine (C=N–C) groups is 1. The van der Waals surface area contributed by atoms with Crippen LogP contribution in [0.4, 0.5) is 5.69 Å². The number of nitrogens with one attached hydrogen (secondary N) is 1. The van der Waals surface area contributed by atoms with E-state index in [4.69, 9.17) is 4.99 Å². The Morgan fingerprint density at radius 1 is 1.19 bits per heavy atom. The van der Waals surface area contributed by atoms with Gasteiger partial charge in [0.05, 0.1) is 11.7 Å². The zero-order chi connectivity index (χ0) is 25.9. The molecule has 2 unspecified atom stereocenters. The summed E-state index contributed by atoms with van der Waals surface area (Å²) in [5.41, 5.74) is 5.26. The van der Waals surface area contributed by atoms with Gasteiger partial charge in [-0.25, -0.2) is 13.4 Å². The van der Waals surface area contributed by atoms with Gasteiger partial charge in [0.1, 0.15) is 10.7 Å². The van der Waals surface area contributed by atoms with Crippen molar-refractivity contribution in [1.82, 2.24) is 9.62 Å². The van der Waals surface area contributed by atoms with Gasteiger partial charge in [-0.15, -0.1) is 0 Å². The van der Waals surface area contributed by atoms with E-state index >= 15 is 0 Å². The van der Waals surface area contributed by atoms with Crippen molar-refractivity contribution in [3.8, 4) is 11.1 Å². The Morgan fingerprint density at radius 2 is 2.03 bits per heavy atom. The number of amides is 1. The van der Waals surface area contributed by atoms with E-state index in [1.54, 1.807) is 6.07 Å². The zero-order valence-electron chi connectivity index (χ0n) is 21.5. The van der Waals surface area contributed by atoms with Crippen LogP contribution in [0.3, 0.4) is 0 Å². The minimum Gasteiger partial charge on any atom is -0.332 e. The molecule has 0 radical (unpaired) electrons. The van der Waals surface area contributed by atoms with Crippen LogP contribution < -0.4 is 4.72 Å². The first-order valence-corrected chi connectivity index (χ1v) is 15.9. The first-order chi connectivity index (χ1) is 17.8. The minimum absolute atomic E-state index is 0.0775. The second-order valence-corrected chi connectivity index (χ2v) is 13.7. The van der Waals surface area contributed by atoms with Gasteiger partial charge >= 0.3 is 0 Å². The molecule has 6 rings (SSSR count). The number of sulfonamides is 1. The fourth-order valence-corrected chi connectivity index (χ4v) is 8.74. The van der Waals surface area contributed by atoms with Gasteiger partial charge in [0.15, 0.2) is 0 Å². The summed E-state index contributed by atoms with van der Waals surface area (Å²) >= 11 is 3.79. The van der Waals surface area contributed by atoms with E-state index < -0.39 is 10.0 Å².